The molecule has 1 atom stereocenters. The summed E-state index contributed by atoms with van der Waals surface area (Å²) in [6.45, 7) is 4.26. The van der Waals surface area contributed by atoms with Crippen LogP contribution in [0.15, 0.2) is 18.2 Å². The van der Waals surface area contributed by atoms with Crippen LogP contribution in [-0.4, -0.2) is 36.3 Å². The number of nitrogens with zero attached hydrogens (tertiary/aromatic N) is 1. The van der Waals surface area contributed by atoms with E-state index in [9.17, 15) is 9.59 Å². The van der Waals surface area contributed by atoms with Gasteiger partial charge in [-0.2, -0.15) is 0 Å². The molecule has 6 heteroatoms. The van der Waals surface area contributed by atoms with E-state index in [2.05, 4.69) is 5.32 Å². The number of rotatable bonds is 5. The van der Waals surface area contributed by atoms with Crippen LogP contribution < -0.4 is 16.8 Å². The lowest BCUT2D eigenvalue weighted by atomic mass is 10.1. The van der Waals surface area contributed by atoms with Crippen molar-refractivity contribution in [3.8, 4) is 0 Å². The van der Waals surface area contributed by atoms with Gasteiger partial charge in [-0.25, -0.2) is 0 Å². The molecule has 0 aromatic heterocycles. The van der Waals surface area contributed by atoms with E-state index in [1.165, 1.54) is 0 Å². The van der Waals surface area contributed by atoms with Gasteiger partial charge in [-0.15, -0.1) is 0 Å². The summed E-state index contributed by atoms with van der Waals surface area (Å²) in [7, 11) is 1.73. The molecule has 1 unspecified atom stereocenters. The highest BCUT2D eigenvalue weighted by molar-refractivity contribution is 5.95. The molecule has 1 aromatic rings. The average molecular weight is 264 g/mol. The van der Waals surface area contributed by atoms with Gasteiger partial charge in [0.1, 0.15) is 6.04 Å². The predicted molar refractivity (Wildman–Crippen MR) is 75.8 cm³/mol. The van der Waals surface area contributed by atoms with Gasteiger partial charge in [-0.1, -0.05) is 0 Å². The van der Waals surface area contributed by atoms with E-state index in [1.54, 1.807) is 37.1 Å². The van der Waals surface area contributed by atoms with Crippen LogP contribution in [0, 0.1) is 0 Å². The van der Waals surface area contributed by atoms with Crippen LogP contribution >= 0.6 is 0 Å². The Morgan fingerprint density at radius 2 is 2.05 bits per heavy atom. The summed E-state index contributed by atoms with van der Waals surface area (Å²) in [5, 5.41) is 3.00. The van der Waals surface area contributed by atoms with Gasteiger partial charge in [0.15, 0.2) is 0 Å². The van der Waals surface area contributed by atoms with E-state index in [4.69, 9.17) is 11.5 Å². The zero-order valence-corrected chi connectivity index (χ0v) is 11.4. The number of hydrogen-bond acceptors (Lipinski definition) is 4. The molecule has 0 heterocycles. The third kappa shape index (κ3) is 3.61. The third-order valence-corrected chi connectivity index (χ3v) is 2.93. The van der Waals surface area contributed by atoms with E-state index < -0.39 is 11.9 Å². The lowest BCUT2D eigenvalue weighted by Gasteiger charge is -2.22. The van der Waals surface area contributed by atoms with E-state index in [0.717, 1.165) is 0 Å². The molecule has 5 N–H and O–H groups in total. The summed E-state index contributed by atoms with van der Waals surface area (Å²) in [6.07, 6.45) is 0. The Bertz CT molecular complexity index is 488. The fraction of sp³-hybridized carbons (Fsp3) is 0.385. The molecule has 19 heavy (non-hydrogen) atoms. The Hall–Kier alpha value is -2.24. The second-order valence-electron chi connectivity index (χ2n) is 4.38. The van der Waals surface area contributed by atoms with Crippen molar-refractivity contribution in [3.05, 3.63) is 23.8 Å². The number of anilines is 2. The molecule has 0 aliphatic heterocycles. The first-order chi connectivity index (χ1) is 8.86. The number of nitrogen functional groups attached to an aromatic ring is 1. The second-order valence-corrected chi connectivity index (χ2v) is 4.38. The van der Waals surface area contributed by atoms with Gasteiger partial charge in [0.05, 0.1) is 11.4 Å². The van der Waals surface area contributed by atoms with Gasteiger partial charge in [0.25, 0.3) is 0 Å². The molecule has 104 valence electrons. The summed E-state index contributed by atoms with van der Waals surface area (Å²) in [5.74, 6) is -0.584. The number of likely N-dealkylation sites (N-methyl/N-ethyl adjacent to an activating group) is 1. The minimum Gasteiger partial charge on any atom is -0.397 e. The van der Waals surface area contributed by atoms with E-state index >= 15 is 0 Å². The Labute approximate surface area is 112 Å². The quantitative estimate of drug-likeness (QED) is 0.679. The standard InChI is InChI=1S/C13H20N4O2/c1-4-17(3)13(19)8(2)16-11-7-9(12(15)18)5-6-10(11)14/h5-8,16H,4,14H2,1-3H3,(H2,15,18). The number of benzene rings is 1. The van der Waals surface area contributed by atoms with E-state index in [-0.39, 0.29) is 5.91 Å². The average Bonchev–Trinajstić information content (AvgIpc) is 2.38. The highest BCUT2D eigenvalue weighted by atomic mass is 16.2. The normalized spacial score (nSPS) is 11.7. The van der Waals surface area contributed by atoms with Crippen LogP contribution in [0.5, 0.6) is 0 Å². The monoisotopic (exact) mass is 264 g/mol. The number of nitrogens with one attached hydrogen (secondary N) is 1. The van der Waals surface area contributed by atoms with Crippen molar-refractivity contribution >= 4 is 23.2 Å². The largest absolute Gasteiger partial charge is 0.397 e. The van der Waals surface area contributed by atoms with Crippen molar-refractivity contribution < 1.29 is 9.59 Å². The molecule has 0 aliphatic rings. The first-order valence-corrected chi connectivity index (χ1v) is 6.07. The smallest absolute Gasteiger partial charge is 0.248 e. The molecular weight excluding hydrogens is 244 g/mol. The molecule has 1 aromatic carbocycles. The maximum Gasteiger partial charge on any atom is 0.248 e. The molecule has 0 saturated heterocycles. The van der Waals surface area contributed by atoms with E-state index in [1.807, 2.05) is 6.92 Å². The van der Waals surface area contributed by atoms with Gasteiger partial charge >= 0.3 is 0 Å². The molecule has 0 saturated carbocycles. The fourth-order valence-electron chi connectivity index (χ4n) is 1.62. The predicted octanol–water partition coefficient (Wildman–Crippen LogP) is 0.646. The van der Waals surface area contributed by atoms with Crippen LogP contribution in [0.3, 0.4) is 0 Å². The first-order valence-electron chi connectivity index (χ1n) is 6.07. The molecule has 0 fully saturated rings. The Balaban J connectivity index is 2.90. The number of carbonyl (C=O) groups excluding carboxylic acids is 2. The van der Waals surface area contributed by atoms with Crippen molar-refractivity contribution in [2.45, 2.75) is 19.9 Å². The number of carbonyl (C=O) groups is 2. The minimum atomic E-state index is -0.535. The zero-order chi connectivity index (χ0) is 14.6. The van der Waals surface area contributed by atoms with Crippen molar-refractivity contribution in [2.24, 2.45) is 5.73 Å². The number of primary amides is 1. The fourth-order valence-corrected chi connectivity index (χ4v) is 1.62. The highest BCUT2D eigenvalue weighted by Crippen LogP contribution is 2.21. The topological polar surface area (TPSA) is 101 Å². The molecular formula is C13H20N4O2. The maximum atomic E-state index is 11.9. The lowest BCUT2D eigenvalue weighted by molar-refractivity contribution is -0.130. The highest BCUT2D eigenvalue weighted by Gasteiger charge is 2.17. The van der Waals surface area contributed by atoms with Crippen LogP contribution in [0.1, 0.15) is 24.2 Å². The maximum absolute atomic E-state index is 11.9. The first kappa shape index (κ1) is 14.8. The molecule has 0 bridgehead atoms. The number of hydrogen-bond donors (Lipinski definition) is 3. The lowest BCUT2D eigenvalue weighted by Crippen LogP contribution is -2.39. The zero-order valence-electron chi connectivity index (χ0n) is 11.4. The molecule has 1 rings (SSSR count). The molecule has 0 aliphatic carbocycles. The van der Waals surface area contributed by atoms with Gasteiger partial charge in [0.2, 0.25) is 11.8 Å². The molecule has 0 spiro atoms. The van der Waals surface area contributed by atoms with Crippen molar-refractivity contribution in [1.29, 1.82) is 0 Å². The van der Waals surface area contributed by atoms with Gasteiger partial charge in [-0.3, -0.25) is 9.59 Å². The van der Waals surface area contributed by atoms with Crippen molar-refractivity contribution in [3.63, 3.8) is 0 Å². The summed E-state index contributed by atoms with van der Waals surface area (Å²) in [6, 6.07) is 4.25. The third-order valence-electron chi connectivity index (χ3n) is 2.93. The molecule has 0 radical (unpaired) electrons. The number of nitrogens with two attached hydrogens (primary N) is 2. The van der Waals surface area contributed by atoms with Crippen molar-refractivity contribution in [1.82, 2.24) is 4.90 Å². The number of amides is 2. The summed E-state index contributed by atoms with van der Waals surface area (Å²) in [4.78, 5) is 24.7. The Morgan fingerprint density at radius 1 is 1.42 bits per heavy atom. The van der Waals surface area contributed by atoms with Crippen LogP contribution in [-0.2, 0) is 4.79 Å². The van der Waals surface area contributed by atoms with E-state index in [0.29, 0.717) is 23.5 Å². The Morgan fingerprint density at radius 3 is 2.58 bits per heavy atom. The summed E-state index contributed by atoms with van der Waals surface area (Å²) >= 11 is 0. The second kappa shape index (κ2) is 6.08. The van der Waals surface area contributed by atoms with Crippen LogP contribution in [0.25, 0.3) is 0 Å². The SMILES string of the molecule is CCN(C)C(=O)C(C)Nc1cc(C(N)=O)ccc1N. The van der Waals surface area contributed by atoms with Gasteiger partial charge in [-0.05, 0) is 32.0 Å². The summed E-state index contributed by atoms with van der Waals surface area (Å²) in [5.41, 5.74) is 12.4. The minimum absolute atomic E-state index is 0.0496. The van der Waals surface area contributed by atoms with Crippen LogP contribution in [0.2, 0.25) is 0 Å². The molecule has 6 nitrogen and oxygen atoms in total. The van der Waals surface area contributed by atoms with Crippen LogP contribution in [0.4, 0.5) is 11.4 Å². The molecule has 2 amide bonds. The van der Waals surface area contributed by atoms with Crippen molar-refractivity contribution in [2.75, 3.05) is 24.6 Å². The van der Waals surface area contributed by atoms with Gasteiger partial charge in [0, 0.05) is 19.2 Å². The summed E-state index contributed by atoms with van der Waals surface area (Å²) < 4.78 is 0. The van der Waals surface area contributed by atoms with Gasteiger partial charge < -0.3 is 21.7 Å². The Kier molecular flexibility index (Phi) is 4.74.